The SMILES string of the molecule is Cc1ncn(C(C)C(=O)c2ccc(Br)cc2)c1C. The second kappa shape index (κ2) is 5.06. The highest BCUT2D eigenvalue weighted by Gasteiger charge is 2.18. The van der Waals surface area contributed by atoms with Crippen molar-refractivity contribution in [3.05, 3.63) is 52.0 Å². The molecule has 4 heteroatoms. The van der Waals surface area contributed by atoms with Gasteiger partial charge in [-0.25, -0.2) is 4.98 Å². The minimum Gasteiger partial charge on any atom is -0.324 e. The number of hydrogen-bond acceptors (Lipinski definition) is 2. The number of aryl methyl sites for hydroxylation is 1. The number of hydrogen-bond donors (Lipinski definition) is 0. The average Bonchev–Trinajstić information content (AvgIpc) is 2.69. The second-order valence-corrected chi connectivity index (χ2v) is 5.29. The number of Topliss-reactive ketones (excluding diaryl/α,β-unsaturated/α-hetero) is 1. The molecule has 0 aliphatic rings. The fourth-order valence-electron chi connectivity index (χ4n) is 1.89. The van der Waals surface area contributed by atoms with Crippen LogP contribution >= 0.6 is 15.9 Å². The van der Waals surface area contributed by atoms with E-state index in [4.69, 9.17) is 0 Å². The summed E-state index contributed by atoms with van der Waals surface area (Å²) in [4.78, 5) is 16.6. The van der Waals surface area contributed by atoms with Crippen LogP contribution in [-0.2, 0) is 0 Å². The number of carbonyl (C=O) groups excluding carboxylic acids is 1. The number of carbonyl (C=O) groups is 1. The number of aromatic nitrogens is 2. The molecule has 0 spiro atoms. The van der Waals surface area contributed by atoms with E-state index in [1.165, 1.54) is 0 Å². The van der Waals surface area contributed by atoms with E-state index in [0.29, 0.717) is 0 Å². The lowest BCUT2D eigenvalue weighted by molar-refractivity contribution is 0.0933. The van der Waals surface area contributed by atoms with Crippen LogP contribution in [0.2, 0.25) is 0 Å². The standard InChI is InChI=1S/C14H15BrN2O/c1-9-10(2)17(8-16-9)11(3)14(18)12-4-6-13(15)7-5-12/h4-8,11H,1-3H3. The van der Waals surface area contributed by atoms with Crippen LogP contribution in [0.4, 0.5) is 0 Å². The number of halogens is 1. The van der Waals surface area contributed by atoms with Crippen LogP contribution in [0.3, 0.4) is 0 Å². The normalized spacial score (nSPS) is 12.4. The fraction of sp³-hybridized carbons (Fsp3) is 0.286. The summed E-state index contributed by atoms with van der Waals surface area (Å²) in [6.45, 7) is 5.83. The predicted molar refractivity (Wildman–Crippen MR) is 74.9 cm³/mol. The van der Waals surface area contributed by atoms with E-state index in [2.05, 4.69) is 20.9 Å². The third-order valence-electron chi connectivity index (χ3n) is 3.21. The van der Waals surface area contributed by atoms with Crippen LogP contribution in [0.25, 0.3) is 0 Å². The Kier molecular flexibility index (Phi) is 3.66. The molecule has 1 unspecified atom stereocenters. The van der Waals surface area contributed by atoms with Crippen LogP contribution in [0, 0.1) is 13.8 Å². The fourth-order valence-corrected chi connectivity index (χ4v) is 2.15. The maximum absolute atomic E-state index is 12.4. The summed E-state index contributed by atoms with van der Waals surface area (Å²) in [6.07, 6.45) is 1.73. The molecule has 1 aromatic carbocycles. The third kappa shape index (κ3) is 2.38. The van der Waals surface area contributed by atoms with E-state index in [1.807, 2.05) is 49.6 Å². The number of nitrogens with zero attached hydrogens (tertiary/aromatic N) is 2. The highest BCUT2D eigenvalue weighted by molar-refractivity contribution is 9.10. The maximum atomic E-state index is 12.4. The van der Waals surface area contributed by atoms with Crippen molar-refractivity contribution in [3.63, 3.8) is 0 Å². The van der Waals surface area contributed by atoms with Gasteiger partial charge in [0.1, 0.15) is 0 Å². The minimum absolute atomic E-state index is 0.100. The Bertz CT molecular complexity index is 572. The Hall–Kier alpha value is -1.42. The summed E-state index contributed by atoms with van der Waals surface area (Å²) in [6, 6.07) is 7.20. The van der Waals surface area contributed by atoms with Gasteiger partial charge >= 0.3 is 0 Å². The van der Waals surface area contributed by atoms with E-state index in [1.54, 1.807) is 6.33 Å². The van der Waals surface area contributed by atoms with Gasteiger partial charge in [0.15, 0.2) is 5.78 Å². The van der Waals surface area contributed by atoms with Gasteiger partial charge in [-0.2, -0.15) is 0 Å². The van der Waals surface area contributed by atoms with Crippen molar-refractivity contribution < 1.29 is 4.79 Å². The van der Waals surface area contributed by atoms with Crippen LogP contribution in [-0.4, -0.2) is 15.3 Å². The molecule has 0 aliphatic carbocycles. The van der Waals surface area contributed by atoms with Gasteiger partial charge in [-0.15, -0.1) is 0 Å². The van der Waals surface area contributed by atoms with Crippen LogP contribution in [0.5, 0.6) is 0 Å². The molecule has 0 aliphatic heterocycles. The van der Waals surface area contributed by atoms with Crippen LogP contribution in [0.15, 0.2) is 35.1 Å². The first-order valence-electron chi connectivity index (χ1n) is 5.80. The van der Waals surface area contributed by atoms with Crippen molar-refractivity contribution in [3.8, 4) is 0 Å². The second-order valence-electron chi connectivity index (χ2n) is 4.37. The summed E-state index contributed by atoms with van der Waals surface area (Å²) in [5.74, 6) is 0.100. The largest absolute Gasteiger partial charge is 0.324 e. The molecule has 2 rings (SSSR count). The Labute approximate surface area is 115 Å². The lowest BCUT2D eigenvalue weighted by Gasteiger charge is -2.14. The molecule has 0 amide bonds. The van der Waals surface area contributed by atoms with Gasteiger partial charge in [-0.1, -0.05) is 28.1 Å². The summed E-state index contributed by atoms with van der Waals surface area (Å²) in [7, 11) is 0. The van der Waals surface area contributed by atoms with Gasteiger partial charge < -0.3 is 4.57 Å². The molecular weight excluding hydrogens is 292 g/mol. The lowest BCUT2D eigenvalue weighted by Crippen LogP contribution is -2.17. The maximum Gasteiger partial charge on any atom is 0.185 e. The van der Waals surface area contributed by atoms with Gasteiger partial charge in [0, 0.05) is 15.7 Å². The number of rotatable bonds is 3. The highest BCUT2D eigenvalue weighted by Crippen LogP contribution is 2.19. The summed E-state index contributed by atoms with van der Waals surface area (Å²) < 4.78 is 2.89. The van der Waals surface area contributed by atoms with Crippen LogP contribution in [0.1, 0.15) is 34.7 Å². The van der Waals surface area contributed by atoms with Crippen molar-refractivity contribution in [1.29, 1.82) is 0 Å². The minimum atomic E-state index is -0.229. The Morgan fingerprint density at radius 1 is 1.28 bits per heavy atom. The van der Waals surface area contributed by atoms with Gasteiger partial charge in [0.05, 0.1) is 18.1 Å². The number of ketones is 1. The molecule has 0 fully saturated rings. The van der Waals surface area contributed by atoms with Crippen molar-refractivity contribution in [2.45, 2.75) is 26.8 Å². The predicted octanol–water partition coefficient (Wildman–Crippen LogP) is 3.71. The lowest BCUT2D eigenvalue weighted by atomic mass is 10.1. The molecule has 0 saturated carbocycles. The molecule has 0 bridgehead atoms. The first-order chi connectivity index (χ1) is 8.50. The zero-order valence-corrected chi connectivity index (χ0v) is 12.2. The van der Waals surface area contributed by atoms with Gasteiger partial charge in [-0.05, 0) is 32.9 Å². The van der Waals surface area contributed by atoms with Gasteiger partial charge in [0.2, 0.25) is 0 Å². The van der Waals surface area contributed by atoms with Crippen molar-refractivity contribution in [2.75, 3.05) is 0 Å². The molecule has 0 radical (unpaired) electrons. The smallest absolute Gasteiger partial charge is 0.185 e. The topological polar surface area (TPSA) is 34.9 Å². The zero-order chi connectivity index (χ0) is 13.3. The molecule has 0 saturated heterocycles. The quantitative estimate of drug-likeness (QED) is 0.810. The van der Waals surface area contributed by atoms with E-state index >= 15 is 0 Å². The number of benzene rings is 1. The molecule has 18 heavy (non-hydrogen) atoms. The summed E-state index contributed by atoms with van der Waals surface area (Å²) in [5, 5.41) is 0. The van der Waals surface area contributed by atoms with Crippen LogP contribution < -0.4 is 0 Å². The zero-order valence-electron chi connectivity index (χ0n) is 10.6. The molecule has 2 aromatic rings. The highest BCUT2D eigenvalue weighted by atomic mass is 79.9. The monoisotopic (exact) mass is 306 g/mol. The first kappa shape index (κ1) is 13.0. The molecule has 3 nitrogen and oxygen atoms in total. The average molecular weight is 307 g/mol. The van der Waals surface area contributed by atoms with Crippen molar-refractivity contribution in [2.24, 2.45) is 0 Å². The first-order valence-corrected chi connectivity index (χ1v) is 6.60. The van der Waals surface area contributed by atoms with Gasteiger partial charge in [0.25, 0.3) is 0 Å². The Morgan fingerprint density at radius 2 is 1.89 bits per heavy atom. The molecule has 1 aromatic heterocycles. The van der Waals surface area contributed by atoms with E-state index in [-0.39, 0.29) is 11.8 Å². The van der Waals surface area contributed by atoms with E-state index in [0.717, 1.165) is 21.4 Å². The molecule has 94 valence electrons. The molecule has 0 N–H and O–H groups in total. The van der Waals surface area contributed by atoms with Gasteiger partial charge in [-0.3, -0.25) is 4.79 Å². The third-order valence-corrected chi connectivity index (χ3v) is 3.74. The summed E-state index contributed by atoms with van der Waals surface area (Å²) >= 11 is 3.36. The van der Waals surface area contributed by atoms with Crippen molar-refractivity contribution >= 4 is 21.7 Å². The molecule has 1 atom stereocenters. The van der Waals surface area contributed by atoms with Crippen molar-refractivity contribution in [1.82, 2.24) is 9.55 Å². The molecule has 1 heterocycles. The Morgan fingerprint density at radius 3 is 2.39 bits per heavy atom. The number of imidazole rings is 1. The Balaban J connectivity index is 2.29. The summed E-state index contributed by atoms with van der Waals surface area (Å²) in [5.41, 5.74) is 2.72. The van der Waals surface area contributed by atoms with E-state index < -0.39 is 0 Å². The molecular formula is C14H15BrN2O. The van der Waals surface area contributed by atoms with E-state index in [9.17, 15) is 4.79 Å².